The zero-order chi connectivity index (χ0) is 14.8. The predicted molar refractivity (Wildman–Crippen MR) is 79.7 cm³/mol. The highest BCUT2D eigenvalue weighted by molar-refractivity contribution is 5.81. The van der Waals surface area contributed by atoms with Crippen molar-refractivity contribution in [1.29, 1.82) is 0 Å². The van der Waals surface area contributed by atoms with Crippen LogP contribution in [-0.4, -0.2) is 54.0 Å². The van der Waals surface area contributed by atoms with E-state index in [1.807, 2.05) is 17.3 Å². The number of nitrogens with zero attached hydrogens (tertiary/aromatic N) is 3. The first-order valence-electron chi connectivity index (χ1n) is 7.65. The van der Waals surface area contributed by atoms with Crippen molar-refractivity contribution in [3.05, 3.63) is 29.1 Å². The largest absolute Gasteiger partial charge is 0.368 e. The fourth-order valence-electron chi connectivity index (χ4n) is 3.21. The summed E-state index contributed by atoms with van der Waals surface area (Å²) in [5.74, 6) is 0.149. The van der Waals surface area contributed by atoms with Gasteiger partial charge in [-0.1, -0.05) is 0 Å². The molecule has 1 atom stereocenters. The molecule has 1 saturated heterocycles. The maximum Gasteiger partial charge on any atom is 0.252 e. The van der Waals surface area contributed by atoms with Crippen molar-refractivity contribution >= 4 is 5.91 Å². The zero-order valence-corrected chi connectivity index (χ0v) is 12.8. The van der Waals surface area contributed by atoms with Crippen LogP contribution in [0.2, 0.25) is 0 Å². The molecule has 114 valence electrons. The molecule has 1 aromatic heterocycles. The first kappa shape index (κ1) is 14.5. The van der Waals surface area contributed by atoms with Gasteiger partial charge < -0.3 is 14.5 Å². The number of ether oxygens (including phenoxy) is 1. The third-order valence-electron chi connectivity index (χ3n) is 4.23. The Hall–Kier alpha value is -1.46. The van der Waals surface area contributed by atoms with Crippen molar-refractivity contribution in [1.82, 2.24) is 14.8 Å². The number of hydrogen-bond donors (Lipinski definition) is 0. The van der Waals surface area contributed by atoms with E-state index in [0.29, 0.717) is 6.54 Å². The summed E-state index contributed by atoms with van der Waals surface area (Å²) in [6.07, 6.45) is 6.42. The minimum Gasteiger partial charge on any atom is -0.368 e. The summed E-state index contributed by atoms with van der Waals surface area (Å²) in [5.41, 5.74) is 3.84. The van der Waals surface area contributed by atoms with E-state index in [0.717, 1.165) is 39.0 Å². The molecule has 1 amide bonds. The number of aromatic nitrogens is 1. The normalized spacial score (nSPS) is 21.7. The van der Waals surface area contributed by atoms with Crippen molar-refractivity contribution in [2.75, 3.05) is 27.2 Å². The maximum absolute atomic E-state index is 12.4. The van der Waals surface area contributed by atoms with Gasteiger partial charge in [-0.15, -0.1) is 0 Å². The van der Waals surface area contributed by atoms with Gasteiger partial charge >= 0.3 is 0 Å². The van der Waals surface area contributed by atoms with E-state index in [1.165, 1.54) is 16.7 Å². The van der Waals surface area contributed by atoms with Crippen LogP contribution in [-0.2, 0) is 29.0 Å². The van der Waals surface area contributed by atoms with Gasteiger partial charge in [0.1, 0.15) is 6.10 Å². The number of fused-ring (bicyclic) bond motifs is 1. The molecular formula is C16H23N3O2. The molecule has 0 saturated carbocycles. The Labute approximate surface area is 125 Å². The summed E-state index contributed by atoms with van der Waals surface area (Å²) in [6.45, 7) is 3.07. The van der Waals surface area contributed by atoms with Gasteiger partial charge in [0.15, 0.2) is 0 Å². The lowest BCUT2D eigenvalue weighted by atomic mass is 9.96. The highest BCUT2D eigenvalue weighted by Crippen LogP contribution is 2.24. The lowest BCUT2D eigenvalue weighted by Crippen LogP contribution is -2.42. The van der Waals surface area contributed by atoms with Crippen LogP contribution < -0.4 is 0 Å². The monoisotopic (exact) mass is 289 g/mol. The third-order valence-corrected chi connectivity index (χ3v) is 4.23. The van der Waals surface area contributed by atoms with E-state index in [9.17, 15) is 4.79 Å². The Kier molecular flexibility index (Phi) is 4.22. The molecule has 5 nitrogen and oxygen atoms in total. The Bertz CT molecular complexity index is 524. The van der Waals surface area contributed by atoms with Crippen molar-refractivity contribution in [3.8, 4) is 0 Å². The quantitative estimate of drug-likeness (QED) is 0.839. The average Bonchev–Trinajstić information content (AvgIpc) is 3.00. The van der Waals surface area contributed by atoms with Crippen molar-refractivity contribution < 1.29 is 9.53 Å². The number of carbonyl (C=O) groups excluding carboxylic acids is 1. The fourth-order valence-corrected chi connectivity index (χ4v) is 3.21. The summed E-state index contributed by atoms with van der Waals surface area (Å²) in [5, 5.41) is 0. The van der Waals surface area contributed by atoms with Gasteiger partial charge in [-0.25, -0.2) is 0 Å². The molecule has 0 bridgehead atoms. The second kappa shape index (κ2) is 6.12. The summed E-state index contributed by atoms with van der Waals surface area (Å²) in [7, 11) is 4.13. The number of carbonyl (C=O) groups is 1. The second-order valence-electron chi connectivity index (χ2n) is 6.19. The van der Waals surface area contributed by atoms with Gasteiger partial charge in [-0.3, -0.25) is 9.78 Å². The highest BCUT2D eigenvalue weighted by Gasteiger charge is 2.30. The number of rotatable bonds is 3. The molecule has 0 N–H and O–H groups in total. The third kappa shape index (κ3) is 3.09. The van der Waals surface area contributed by atoms with Crippen molar-refractivity contribution in [3.63, 3.8) is 0 Å². The van der Waals surface area contributed by atoms with E-state index in [1.54, 1.807) is 0 Å². The molecular weight excluding hydrogens is 266 g/mol. The number of hydrogen-bond acceptors (Lipinski definition) is 4. The van der Waals surface area contributed by atoms with E-state index in [-0.39, 0.29) is 12.0 Å². The topological polar surface area (TPSA) is 45.7 Å². The van der Waals surface area contributed by atoms with Crippen LogP contribution in [0.4, 0.5) is 0 Å². The first-order valence-corrected chi connectivity index (χ1v) is 7.65. The standard InChI is InChI=1S/C16H23N3O2/c1-18(2)10-12-8-17-9-13-11-19(6-5-14(12)13)16(20)15-4-3-7-21-15/h8-9,15H,3-7,10-11H2,1-2H3/t15-/m0/s1. The Morgan fingerprint density at radius 1 is 1.48 bits per heavy atom. The van der Waals surface area contributed by atoms with Gasteiger partial charge in [0.05, 0.1) is 0 Å². The van der Waals surface area contributed by atoms with Gasteiger partial charge in [-0.05, 0) is 50.0 Å². The molecule has 0 spiro atoms. The van der Waals surface area contributed by atoms with E-state index in [4.69, 9.17) is 4.74 Å². The van der Waals surface area contributed by atoms with Crippen LogP contribution in [0.5, 0.6) is 0 Å². The van der Waals surface area contributed by atoms with Crippen molar-refractivity contribution in [2.45, 2.75) is 38.5 Å². The molecule has 0 radical (unpaired) electrons. The fraction of sp³-hybridized carbons (Fsp3) is 0.625. The SMILES string of the molecule is CN(C)Cc1cncc2c1CCN(C(=O)[C@@H]1CCCO1)C2. The number of amides is 1. The van der Waals surface area contributed by atoms with Gasteiger partial charge in [0.2, 0.25) is 0 Å². The van der Waals surface area contributed by atoms with E-state index in [2.05, 4.69) is 24.0 Å². The average molecular weight is 289 g/mol. The second-order valence-corrected chi connectivity index (χ2v) is 6.19. The van der Waals surface area contributed by atoms with Gasteiger partial charge in [-0.2, -0.15) is 0 Å². The lowest BCUT2D eigenvalue weighted by Gasteiger charge is -2.31. The lowest BCUT2D eigenvalue weighted by molar-refractivity contribution is -0.141. The summed E-state index contributed by atoms with van der Waals surface area (Å²) < 4.78 is 5.52. The minimum absolute atomic E-state index is 0.149. The van der Waals surface area contributed by atoms with Crippen LogP contribution in [0.3, 0.4) is 0 Å². The van der Waals surface area contributed by atoms with E-state index < -0.39 is 0 Å². The summed E-state index contributed by atoms with van der Waals surface area (Å²) >= 11 is 0. The molecule has 3 heterocycles. The molecule has 1 fully saturated rings. The smallest absolute Gasteiger partial charge is 0.252 e. The van der Waals surface area contributed by atoms with Crippen LogP contribution in [0.1, 0.15) is 29.5 Å². The molecule has 5 heteroatoms. The summed E-state index contributed by atoms with van der Waals surface area (Å²) in [6, 6.07) is 0. The maximum atomic E-state index is 12.4. The van der Waals surface area contributed by atoms with Crippen LogP contribution in [0.25, 0.3) is 0 Å². The molecule has 0 unspecified atom stereocenters. The molecule has 0 aliphatic carbocycles. The summed E-state index contributed by atoms with van der Waals surface area (Å²) in [4.78, 5) is 20.9. The minimum atomic E-state index is -0.218. The molecule has 21 heavy (non-hydrogen) atoms. The number of pyridine rings is 1. The Morgan fingerprint density at radius 2 is 2.33 bits per heavy atom. The van der Waals surface area contributed by atoms with Crippen LogP contribution in [0, 0.1) is 0 Å². The zero-order valence-electron chi connectivity index (χ0n) is 12.8. The van der Waals surface area contributed by atoms with Crippen LogP contribution in [0.15, 0.2) is 12.4 Å². The molecule has 0 aromatic carbocycles. The van der Waals surface area contributed by atoms with Gasteiger partial charge in [0.25, 0.3) is 5.91 Å². The van der Waals surface area contributed by atoms with E-state index >= 15 is 0 Å². The predicted octanol–water partition coefficient (Wildman–Crippen LogP) is 1.21. The molecule has 3 rings (SSSR count). The molecule has 2 aliphatic heterocycles. The van der Waals surface area contributed by atoms with Crippen molar-refractivity contribution in [2.24, 2.45) is 0 Å². The molecule has 2 aliphatic rings. The molecule has 1 aromatic rings. The first-order chi connectivity index (χ1) is 10.1. The Morgan fingerprint density at radius 3 is 3.05 bits per heavy atom. The highest BCUT2D eigenvalue weighted by atomic mass is 16.5. The van der Waals surface area contributed by atoms with Gasteiger partial charge in [0, 0.05) is 38.6 Å². The van der Waals surface area contributed by atoms with Crippen LogP contribution >= 0.6 is 0 Å². The Balaban J connectivity index is 1.75.